The number of aromatic nitrogens is 1. The average molecular weight is 324 g/mol. The second-order valence-electron chi connectivity index (χ2n) is 6.81. The van der Waals surface area contributed by atoms with E-state index < -0.39 is 0 Å². The van der Waals surface area contributed by atoms with Gasteiger partial charge in [0.15, 0.2) is 5.13 Å². The van der Waals surface area contributed by atoms with Gasteiger partial charge in [0.25, 0.3) is 0 Å². The van der Waals surface area contributed by atoms with E-state index in [0.29, 0.717) is 17.0 Å². The van der Waals surface area contributed by atoms with E-state index in [2.05, 4.69) is 36.0 Å². The predicted octanol–water partition coefficient (Wildman–Crippen LogP) is 2.34. The molecule has 0 radical (unpaired) electrons. The van der Waals surface area contributed by atoms with Crippen LogP contribution in [0.25, 0.3) is 0 Å². The van der Waals surface area contributed by atoms with E-state index in [1.807, 2.05) is 13.1 Å². The molecule has 1 saturated heterocycles. The van der Waals surface area contributed by atoms with Crippen LogP contribution in [0.3, 0.4) is 0 Å². The van der Waals surface area contributed by atoms with Crippen LogP contribution in [0.2, 0.25) is 0 Å². The zero-order valence-corrected chi connectivity index (χ0v) is 14.8. The number of amides is 1. The number of piperidine rings is 1. The normalized spacial score (nSPS) is 24.4. The third-order valence-electron chi connectivity index (χ3n) is 4.68. The van der Waals surface area contributed by atoms with Gasteiger partial charge in [0, 0.05) is 42.7 Å². The number of nitrogens with two attached hydrogens (primary N) is 1. The highest BCUT2D eigenvalue weighted by molar-refractivity contribution is 7.15. The summed E-state index contributed by atoms with van der Waals surface area (Å²) < 4.78 is 0. The SMILES string of the molecule is CC(C)C(C)C(=O)NC1CCN(Cc2cnc(N)s2)CC1C. The van der Waals surface area contributed by atoms with Gasteiger partial charge in [-0.3, -0.25) is 9.69 Å². The van der Waals surface area contributed by atoms with E-state index in [4.69, 9.17) is 5.73 Å². The van der Waals surface area contributed by atoms with E-state index in [0.717, 1.165) is 26.1 Å². The van der Waals surface area contributed by atoms with Crippen molar-refractivity contribution in [3.05, 3.63) is 11.1 Å². The Morgan fingerprint density at radius 1 is 1.55 bits per heavy atom. The summed E-state index contributed by atoms with van der Waals surface area (Å²) in [4.78, 5) is 20.0. The molecule has 3 atom stereocenters. The summed E-state index contributed by atoms with van der Waals surface area (Å²) in [5, 5.41) is 3.88. The number of anilines is 1. The minimum absolute atomic E-state index is 0.0744. The fourth-order valence-electron chi connectivity index (χ4n) is 2.82. The summed E-state index contributed by atoms with van der Waals surface area (Å²) in [6.07, 6.45) is 2.87. The lowest BCUT2D eigenvalue weighted by Crippen LogP contribution is -2.51. The molecule has 5 nitrogen and oxygen atoms in total. The molecule has 0 aliphatic carbocycles. The predicted molar refractivity (Wildman–Crippen MR) is 91.5 cm³/mol. The van der Waals surface area contributed by atoms with Crippen LogP contribution in [0.5, 0.6) is 0 Å². The lowest BCUT2D eigenvalue weighted by Gasteiger charge is -2.37. The molecule has 1 aliphatic heterocycles. The van der Waals surface area contributed by atoms with Crippen molar-refractivity contribution in [2.45, 2.75) is 46.7 Å². The molecule has 0 aromatic carbocycles. The Morgan fingerprint density at radius 3 is 2.82 bits per heavy atom. The van der Waals surface area contributed by atoms with Gasteiger partial charge in [0.2, 0.25) is 5.91 Å². The number of nitrogens with one attached hydrogen (secondary N) is 1. The van der Waals surface area contributed by atoms with E-state index in [9.17, 15) is 4.79 Å². The zero-order chi connectivity index (χ0) is 16.3. The highest BCUT2D eigenvalue weighted by Gasteiger charge is 2.29. The molecule has 22 heavy (non-hydrogen) atoms. The molecule has 1 amide bonds. The monoisotopic (exact) mass is 324 g/mol. The van der Waals surface area contributed by atoms with Crippen LogP contribution in [0.1, 0.15) is 39.0 Å². The maximum atomic E-state index is 12.2. The standard InChI is InChI=1S/C16H28N4OS/c1-10(2)12(4)15(21)19-14-5-6-20(8-11(14)3)9-13-7-18-16(17)22-13/h7,10-12,14H,5-6,8-9H2,1-4H3,(H2,17,18)(H,19,21). The number of carbonyl (C=O) groups excluding carboxylic acids is 1. The highest BCUT2D eigenvalue weighted by atomic mass is 32.1. The number of rotatable bonds is 5. The smallest absolute Gasteiger partial charge is 0.223 e. The fourth-order valence-corrected chi connectivity index (χ4v) is 3.55. The number of carbonyl (C=O) groups is 1. The number of hydrogen-bond donors (Lipinski definition) is 2. The van der Waals surface area contributed by atoms with Gasteiger partial charge in [0.1, 0.15) is 0 Å². The molecular weight excluding hydrogens is 296 g/mol. The number of thiazole rings is 1. The molecule has 3 N–H and O–H groups in total. The summed E-state index contributed by atoms with van der Waals surface area (Å²) in [6, 6.07) is 0.288. The minimum atomic E-state index is 0.0744. The van der Waals surface area contributed by atoms with Gasteiger partial charge in [-0.1, -0.05) is 27.7 Å². The number of nitrogen functional groups attached to an aromatic ring is 1. The molecule has 0 saturated carbocycles. The van der Waals surface area contributed by atoms with Crippen molar-refractivity contribution in [3.8, 4) is 0 Å². The van der Waals surface area contributed by atoms with Gasteiger partial charge in [0.05, 0.1) is 0 Å². The van der Waals surface area contributed by atoms with Crippen LogP contribution in [-0.2, 0) is 11.3 Å². The van der Waals surface area contributed by atoms with E-state index >= 15 is 0 Å². The Hall–Kier alpha value is -1.14. The first-order chi connectivity index (χ1) is 10.4. The molecule has 1 aromatic rings. The third kappa shape index (κ3) is 4.43. The first-order valence-corrected chi connectivity index (χ1v) is 8.91. The van der Waals surface area contributed by atoms with E-state index in [-0.39, 0.29) is 17.9 Å². The van der Waals surface area contributed by atoms with Crippen LogP contribution < -0.4 is 11.1 Å². The van der Waals surface area contributed by atoms with Gasteiger partial charge < -0.3 is 11.1 Å². The van der Waals surface area contributed by atoms with Crippen molar-refractivity contribution in [3.63, 3.8) is 0 Å². The van der Waals surface area contributed by atoms with Gasteiger partial charge in [-0.25, -0.2) is 4.98 Å². The zero-order valence-electron chi connectivity index (χ0n) is 14.0. The van der Waals surface area contributed by atoms with Crippen LogP contribution in [0, 0.1) is 17.8 Å². The van der Waals surface area contributed by atoms with Gasteiger partial charge in [-0.2, -0.15) is 0 Å². The van der Waals surface area contributed by atoms with Crippen LogP contribution in [0.4, 0.5) is 5.13 Å². The van der Waals surface area contributed by atoms with Gasteiger partial charge in [-0.05, 0) is 18.3 Å². The second-order valence-corrected chi connectivity index (χ2v) is 7.96. The Balaban J connectivity index is 1.83. The molecule has 0 bridgehead atoms. The number of hydrogen-bond acceptors (Lipinski definition) is 5. The number of likely N-dealkylation sites (tertiary alicyclic amines) is 1. The summed E-state index contributed by atoms with van der Waals surface area (Å²) in [5.74, 6) is 1.11. The lowest BCUT2D eigenvalue weighted by molar-refractivity contribution is -0.127. The van der Waals surface area contributed by atoms with Crippen molar-refractivity contribution in [1.82, 2.24) is 15.2 Å². The molecule has 1 aromatic heterocycles. The Kier molecular flexibility index (Phi) is 5.81. The molecule has 2 heterocycles. The average Bonchev–Trinajstić information content (AvgIpc) is 2.86. The Labute approximate surface area is 137 Å². The summed E-state index contributed by atoms with van der Waals surface area (Å²) >= 11 is 1.56. The van der Waals surface area contributed by atoms with Crippen LogP contribution >= 0.6 is 11.3 Å². The van der Waals surface area contributed by atoms with Crippen molar-refractivity contribution < 1.29 is 4.79 Å². The van der Waals surface area contributed by atoms with E-state index in [1.165, 1.54) is 4.88 Å². The lowest BCUT2D eigenvalue weighted by atomic mass is 9.91. The quantitative estimate of drug-likeness (QED) is 0.872. The summed E-state index contributed by atoms with van der Waals surface area (Å²) in [7, 11) is 0. The van der Waals surface area contributed by atoms with Crippen molar-refractivity contribution in [1.29, 1.82) is 0 Å². The molecule has 0 spiro atoms. The minimum Gasteiger partial charge on any atom is -0.375 e. The first-order valence-electron chi connectivity index (χ1n) is 8.09. The Morgan fingerprint density at radius 2 is 2.27 bits per heavy atom. The second kappa shape index (κ2) is 7.42. The largest absolute Gasteiger partial charge is 0.375 e. The van der Waals surface area contributed by atoms with Crippen LogP contribution in [-0.4, -0.2) is 34.9 Å². The molecule has 2 rings (SSSR count). The first kappa shape index (κ1) is 17.2. The molecule has 124 valence electrons. The summed E-state index contributed by atoms with van der Waals surface area (Å²) in [6.45, 7) is 11.3. The molecular formula is C16H28N4OS. The fraction of sp³-hybridized carbons (Fsp3) is 0.750. The third-order valence-corrected chi connectivity index (χ3v) is 5.49. The van der Waals surface area contributed by atoms with Gasteiger partial charge in [-0.15, -0.1) is 11.3 Å². The molecule has 1 aliphatic rings. The molecule has 3 unspecified atom stereocenters. The molecule has 6 heteroatoms. The van der Waals surface area contributed by atoms with Crippen molar-refractivity contribution in [2.24, 2.45) is 17.8 Å². The van der Waals surface area contributed by atoms with E-state index in [1.54, 1.807) is 11.3 Å². The number of nitrogens with zero attached hydrogens (tertiary/aromatic N) is 2. The maximum Gasteiger partial charge on any atom is 0.223 e. The van der Waals surface area contributed by atoms with Crippen LogP contribution in [0.15, 0.2) is 6.20 Å². The van der Waals surface area contributed by atoms with Crippen molar-refractivity contribution >= 4 is 22.4 Å². The highest BCUT2D eigenvalue weighted by Crippen LogP contribution is 2.22. The molecule has 1 fully saturated rings. The van der Waals surface area contributed by atoms with Crippen molar-refractivity contribution in [2.75, 3.05) is 18.8 Å². The summed E-state index contributed by atoms with van der Waals surface area (Å²) in [5.41, 5.74) is 5.68. The Bertz CT molecular complexity index is 502. The maximum absolute atomic E-state index is 12.2. The topological polar surface area (TPSA) is 71.2 Å². The van der Waals surface area contributed by atoms with Gasteiger partial charge >= 0.3 is 0 Å².